The zero-order valence-electron chi connectivity index (χ0n) is 20.9. The summed E-state index contributed by atoms with van der Waals surface area (Å²) in [5.74, 6) is -0.468. The summed E-state index contributed by atoms with van der Waals surface area (Å²) in [5, 5.41) is 2.43. The number of nitrogens with zero attached hydrogens (tertiary/aromatic N) is 3. The summed E-state index contributed by atoms with van der Waals surface area (Å²) >= 11 is 0. The molecule has 39 heavy (non-hydrogen) atoms. The van der Waals surface area contributed by atoms with Gasteiger partial charge in [0.2, 0.25) is 5.91 Å². The monoisotopic (exact) mass is 552 g/mol. The molecule has 0 saturated carbocycles. The summed E-state index contributed by atoms with van der Waals surface area (Å²) in [6, 6.07) is 17.3. The maximum Gasteiger partial charge on any atom is 0.488 e. The van der Waals surface area contributed by atoms with Gasteiger partial charge in [0.15, 0.2) is 6.23 Å². The van der Waals surface area contributed by atoms with Crippen molar-refractivity contribution < 1.29 is 33.0 Å². The van der Waals surface area contributed by atoms with Crippen LogP contribution in [0.1, 0.15) is 30.2 Å². The number of aromatic nitrogens is 2. The number of hydrogen-bond acceptors (Lipinski definition) is 9. The number of ether oxygens (including phenoxy) is 2. The molecule has 1 fully saturated rings. The lowest BCUT2D eigenvalue weighted by atomic mass is 9.98. The van der Waals surface area contributed by atoms with Crippen molar-refractivity contribution in [3.63, 3.8) is 0 Å². The fourth-order valence-corrected chi connectivity index (χ4v) is 5.21. The molecule has 2 aliphatic rings. The second kappa shape index (κ2) is 11.4. The van der Waals surface area contributed by atoms with Crippen LogP contribution in [-0.4, -0.2) is 58.9 Å². The van der Waals surface area contributed by atoms with Crippen molar-refractivity contribution in [2.75, 3.05) is 31.6 Å². The number of carbonyl (C=O) groups excluding carboxylic acids is 2. The zero-order valence-corrected chi connectivity index (χ0v) is 21.8. The number of morpholine rings is 1. The third kappa shape index (κ3) is 5.89. The normalized spacial score (nSPS) is 18.7. The van der Waals surface area contributed by atoms with Gasteiger partial charge in [-0.1, -0.05) is 48.5 Å². The minimum atomic E-state index is -3.14. The Morgan fingerprint density at radius 1 is 1.08 bits per heavy atom. The Bertz CT molecular complexity index is 1430. The molecule has 12 nitrogen and oxygen atoms in total. The predicted molar refractivity (Wildman–Crippen MR) is 137 cm³/mol. The smallest absolute Gasteiger partial charge is 0.488 e. The number of benzene rings is 2. The molecule has 0 radical (unpaired) electrons. The van der Waals surface area contributed by atoms with E-state index in [1.165, 1.54) is 24.1 Å². The van der Waals surface area contributed by atoms with Crippen LogP contribution in [-0.2, 0) is 23.4 Å². The van der Waals surface area contributed by atoms with Gasteiger partial charge >= 0.3 is 20.0 Å². The Morgan fingerprint density at radius 3 is 2.36 bits per heavy atom. The molecule has 0 spiro atoms. The van der Waals surface area contributed by atoms with Gasteiger partial charge < -0.3 is 24.6 Å². The second-order valence-corrected chi connectivity index (χ2v) is 9.83. The molecule has 1 N–H and O–H groups in total. The van der Waals surface area contributed by atoms with Crippen LogP contribution in [0.25, 0.3) is 11.1 Å². The minimum absolute atomic E-state index is 0.0114. The van der Waals surface area contributed by atoms with Crippen LogP contribution in [0.5, 0.6) is 0 Å². The van der Waals surface area contributed by atoms with E-state index in [2.05, 4.69) is 10.3 Å². The van der Waals surface area contributed by atoms with Gasteiger partial charge in [0.05, 0.1) is 13.1 Å². The van der Waals surface area contributed by atoms with Gasteiger partial charge in [0.1, 0.15) is 25.1 Å². The predicted octanol–water partition coefficient (Wildman–Crippen LogP) is 2.38. The summed E-state index contributed by atoms with van der Waals surface area (Å²) in [4.78, 5) is 53.3. The van der Waals surface area contributed by atoms with Crippen molar-refractivity contribution in [2.24, 2.45) is 0 Å². The standard InChI is InChI=1S/C26H25N4O8P/c1-16(31)27-23-10-11-30(25(32)28-23)24-13-29(12-17(38-24)14-37-39(34)35)26(33)36-15-22-20-8-4-2-6-18(20)19-7-3-5-9-21(19)22/h2-11,17,22,24H,12-15H2,1H3,(H,27,28,31,32). The Morgan fingerprint density at radius 2 is 1.74 bits per heavy atom. The number of fused-ring (bicyclic) bond motifs is 3. The van der Waals surface area contributed by atoms with E-state index >= 15 is 0 Å². The molecule has 202 valence electrons. The molecular formula is C26H25N4O8P. The van der Waals surface area contributed by atoms with E-state index in [9.17, 15) is 23.8 Å². The molecule has 2 amide bonds. The SMILES string of the molecule is CC(=O)Nc1ccn(C2CN(C(=O)OCC3c4ccccc4-c4ccccc43)CC(CO[P+](=O)[O-])O2)c(=O)n1. The van der Waals surface area contributed by atoms with Crippen molar-refractivity contribution in [3.8, 4) is 11.1 Å². The third-order valence-electron chi connectivity index (χ3n) is 6.55. The molecule has 5 rings (SSSR count). The van der Waals surface area contributed by atoms with E-state index in [-0.39, 0.29) is 43.9 Å². The first-order valence-electron chi connectivity index (χ1n) is 12.2. The number of nitrogens with one attached hydrogen (secondary N) is 1. The molecule has 13 heteroatoms. The van der Waals surface area contributed by atoms with Gasteiger partial charge in [-0.15, -0.1) is 4.52 Å². The van der Waals surface area contributed by atoms with Crippen LogP contribution in [0.2, 0.25) is 0 Å². The maximum atomic E-state index is 13.2. The van der Waals surface area contributed by atoms with Crippen LogP contribution in [0, 0.1) is 0 Å². The summed E-state index contributed by atoms with van der Waals surface area (Å²) in [5.41, 5.74) is 3.59. The van der Waals surface area contributed by atoms with E-state index in [0.29, 0.717) is 0 Å². The second-order valence-electron chi connectivity index (χ2n) is 9.12. The molecule has 3 aromatic rings. The minimum Gasteiger partial charge on any atom is -0.566 e. The average molecular weight is 552 g/mol. The number of carbonyl (C=O) groups is 2. The highest BCUT2D eigenvalue weighted by atomic mass is 31.1. The number of rotatable bonds is 7. The van der Waals surface area contributed by atoms with E-state index in [1.807, 2.05) is 48.5 Å². The van der Waals surface area contributed by atoms with Crippen molar-refractivity contribution in [1.29, 1.82) is 0 Å². The van der Waals surface area contributed by atoms with Crippen LogP contribution < -0.4 is 15.9 Å². The quantitative estimate of drug-likeness (QED) is 0.436. The molecular weight excluding hydrogens is 527 g/mol. The van der Waals surface area contributed by atoms with Crippen LogP contribution in [0.15, 0.2) is 65.6 Å². The molecule has 1 saturated heterocycles. The summed E-state index contributed by atoms with van der Waals surface area (Å²) in [6.45, 7) is 0.958. The third-order valence-corrected chi connectivity index (χ3v) is 6.91. The highest BCUT2D eigenvalue weighted by Crippen LogP contribution is 2.44. The van der Waals surface area contributed by atoms with Crippen LogP contribution in [0.3, 0.4) is 0 Å². The highest BCUT2D eigenvalue weighted by molar-refractivity contribution is 7.30. The summed E-state index contributed by atoms with van der Waals surface area (Å²) in [7, 11) is -3.14. The lowest BCUT2D eigenvalue weighted by molar-refractivity contribution is -0.192. The fourth-order valence-electron chi connectivity index (χ4n) is 4.92. The number of amides is 2. The molecule has 2 heterocycles. The van der Waals surface area contributed by atoms with E-state index in [0.717, 1.165) is 26.8 Å². The van der Waals surface area contributed by atoms with Crippen molar-refractivity contribution in [1.82, 2.24) is 14.5 Å². The largest absolute Gasteiger partial charge is 0.566 e. The topological polar surface area (TPSA) is 152 Å². The lowest BCUT2D eigenvalue weighted by Crippen LogP contribution is -2.51. The van der Waals surface area contributed by atoms with Gasteiger partial charge in [-0.05, 0) is 32.9 Å². The molecule has 1 aromatic heterocycles. The van der Waals surface area contributed by atoms with Crippen molar-refractivity contribution in [2.45, 2.75) is 25.2 Å². The van der Waals surface area contributed by atoms with Crippen LogP contribution in [0.4, 0.5) is 10.6 Å². The van der Waals surface area contributed by atoms with Gasteiger partial charge in [-0.3, -0.25) is 9.36 Å². The number of anilines is 1. The molecule has 2 aromatic carbocycles. The maximum absolute atomic E-state index is 13.2. The fraction of sp³-hybridized carbons (Fsp3) is 0.308. The molecule has 1 aliphatic heterocycles. The average Bonchev–Trinajstić information content (AvgIpc) is 3.24. The van der Waals surface area contributed by atoms with Crippen molar-refractivity contribution >= 4 is 26.1 Å². The first kappa shape index (κ1) is 26.6. The Balaban J connectivity index is 1.33. The summed E-state index contributed by atoms with van der Waals surface area (Å²) in [6.07, 6.45) is -1.13. The summed E-state index contributed by atoms with van der Waals surface area (Å²) < 4.78 is 28.5. The Labute approximate surface area is 224 Å². The van der Waals surface area contributed by atoms with Gasteiger partial charge in [-0.2, -0.15) is 4.98 Å². The first-order valence-corrected chi connectivity index (χ1v) is 13.3. The highest BCUT2D eigenvalue weighted by Gasteiger charge is 2.35. The Kier molecular flexibility index (Phi) is 7.80. The molecule has 1 aliphatic carbocycles. The van der Waals surface area contributed by atoms with E-state index in [1.54, 1.807) is 0 Å². The number of hydrogen-bond donors (Lipinski definition) is 1. The van der Waals surface area contributed by atoms with Crippen molar-refractivity contribution in [3.05, 3.63) is 82.4 Å². The van der Waals surface area contributed by atoms with Gasteiger partial charge in [-0.25, -0.2) is 9.59 Å². The lowest BCUT2D eigenvalue weighted by Gasteiger charge is -2.37. The van der Waals surface area contributed by atoms with Gasteiger partial charge in [0.25, 0.3) is 0 Å². The van der Waals surface area contributed by atoms with E-state index < -0.39 is 32.4 Å². The molecule has 3 unspecified atom stereocenters. The molecule has 3 atom stereocenters. The Hall–Kier alpha value is -3.96. The zero-order chi connectivity index (χ0) is 27.5. The van der Waals surface area contributed by atoms with E-state index in [4.69, 9.17) is 14.0 Å². The van der Waals surface area contributed by atoms with Gasteiger partial charge in [0, 0.05) is 19.0 Å². The van der Waals surface area contributed by atoms with Crippen LogP contribution >= 0.6 is 8.25 Å². The molecule has 0 bridgehead atoms. The first-order chi connectivity index (χ1) is 18.8.